The Morgan fingerprint density at radius 1 is 1.38 bits per heavy atom. The number of benzene rings is 1. The van der Waals surface area contributed by atoms with Gasteiger partial charge in [0.2, 0.25) is 0 Å². The minimum atomic E-state index is -0.659. The van der Waals surface area contributed by atoms with E-state index < -0.39 is 11.4 Å². The van der Waals surface area contributed by atoms with Crippen LogP contribution in [0.15, 0.2) is 6.07 Å². The van der Waals surface area contributed by atoms with E-state index in [1.165, 1.54) is 20.3 Å². The molecule has 3 nitrogen and oxygen atoms in total. The van der Waals surface area contributed by atoms with Crippen LogP contribution in [-0.4, -0.2) is 14.2 Å². The maximum atomic E-state index is 14.1. The molecule has 0 aliphatic heterocycles. The molecule has 0 aromatic heterocycles. The topological polar surface area (TPSA) is 44.5 Å². The average molecular weight is 246 g/mol. The van der Waals surface area contributed by atoms with E-state index in [4.69, 9.17) is 26.8 Å². The fourth-order valence-corrected chi connectivity index (χ4v) is 2.03. The van der Waals surface area contributed by atoms with Crippen LogP contribution in [-0.2, 0) is 5.54 Å². The summed E-state index contributed by atoms with van der Waals surface area (Å²) in [4.78, 5) is 0. The summed E-state index contributed by atoms with van der Waals surface area (Å²) >= 11 is 5.99. The summed E-state index contributed by atoms with van der Waals surface area (Å²) in [7, 11) is 2.84. The van der Waals surface area contributed by atoms with Gasteiger partial charge >= 0.3 is 0 Å². The first kappa shape index (κ1) is 11.5. The Kier molecular flexibility index (Phi) is 2.72. The van der Waals surface area contributed by atoms with E-state index in [9.17, 15) is 4.39 Å². The third kappa shape index (κ3) is 1.62. The zero-order valence-corrected chi connectivity index (χ0v) is 9.90. The zero-order chi connectivity index (χ0) is 11.9. The first-order chi connectivity index (χ1) is 7.53. The lowest BCUT2D eigenvalue weighted by Gasteiger charge is -2.18. The van der Waals surface area contributed by atoms with Gasteiger partial charge in [0.05, 0.1) is 24.8 Å². The molecule has 5 heteroatoms. The fraction of sp³-hybridized carbons (Fsp3) is 0.455. The van der Waals surface area contributed by atoms with Crippen molar-refractivity contribution in [1.29, 1.82) is 0 Å². The third-order valence-electron chi connectivity index (χ3n) is 2.85. The smallest absolute Gasteiger partial charge is 0.173 e. The predicted octanol–water partition coefficient (Wildman–Crippen LogP) is 2.44. The lowest BCUT2D eigenvalue weighted by atomic mass is 10.0. The molecule has 88 valence electrons. The molecule has 0 radical (unpaired) electrons. The van der Waals surface area contributed by atoms with Crippen molar-refractivity contribution in [3.8, 4) is 11.5 Å². The second-order valence-electron chi connectivity index (χ2n) is 3.94. The molecule has 1 aromatic rings. The number of hydrogen-bond acceptors (Lipinski definition) is 3. The molecule has 1 fully saturated rings. The molecule has 0 amide bonds. The standard InChI is InChI=1S/C11H13ClFNO2/c1-15-7-5-6(12)10(16-2)8(9(7)13)11(14)3-4-11/h5H,3-4,14H2,1-2H3. The third-order valence-corrected chi connectivity index (χ3v) is 3.13. The van der Waals surface area contributed by atoms with Crippen LogP contribution in [0.2, 0.25) is 5.02 Å². The Bertz CT molecular complexity index is 432. The zero-order valence-electron chi connectivity index (χ0n) is 9.14. The molecule has 0 unspecified atom stereocenters. The lowest BCUT2D eigenvalue weighted by molar-refractivity contribution is 0.366. The van der Waals surface area contributed by atoms with Crippen molar-refractivity contribution in [2.24, 2.45) is 5.73 Å². The van der Waals surface area contributed by atoms with E-state index in [1.54, 1.807) is 0 Å². The molecule has 2 rings (SSSR count). The highest BCUT2D eigenvalue weighted by Gasteiger charge is 2.46. The van der Waals surface area contributed by atoms with Gasteiger partial charge in [-0.15, -0.1) is 0 Å². The normalized spacial score (nSPS) is 17.1. The van der Waals surface area contributed by atoms with Gasteiger partial charge in [0.15, 0.2) is 11.6 Å². The monoisotopic (exact) mass is 245 g/mol. The minimum Gasteiger partial charge on any atom is -0.495 e. The molecule has 0 heterocycles. The van der Waals surface area contributed by atoms with E-state index >= 15 is 0 Å². The van der Waals surface area contributed by atoms with Crippen molar-refractivity contribution in [3.63, 3.8) is 0 Å². The van der Waals surface area contributed by atoms with Crippen LogP contribution < -0.4 is 15.2 Å². The van der Waals surface area contributed by atoms with Crippen molar-refractivity contribution in [2.45, 2.75) is 18.4 Å². The van der Waals surface area contributed by atoms with Gasteiger partial charge in [-0.3, -0.25) is 0 Å². The van der Waals surface area contributed by atoms with Crippen molar-refractivity contribution >= 4 is 11.6 Å². The summed E-state index contributed by atoms with van der Waals surface area (Å²) in [5, 5.41) is 0.312. The Hall–Kier alpha value is -1.00. The summed E-state index contributed by atoms with van der Waals surface area (Å²) in [6.45, 7) is 0. The molecule has 0 bridgehead atoms. The van der Waals surface area contributed by atoms with Crippen LogP contribution in [0.5, 0.6) is 11.5 Å². The lowest BCUT2D eigenvalue weighted by Crippen LogP contribution is -2.22. The second-order valence-corrected chi connectivity index (χ2v) is 4.35. The van der Waals surface area contributed by atoms with Gasteiger partial charge in [0.25, 0.3) is 0 Å². The number of methoxy groups -OCH3 is 2. The van der Waals surface area contributed by atoms with E-state index in [2.05, 4.69) is 0 Å². The Morgan fingerprint density at radius 2 is 2.00 bits per heavy atom. The largest absolute Gasteiger partial charge is 0.495 e. The van der Waals surface area contributed by atoms with E-state index in [-0.39, 0.29) is 5.75 Å². The molecule has 16 heavy (non-hydrogen) atoms. The van der Waals surface area contributed by atoms with Gasteiger partial charge in [-0.2, -0.15) is 0 Å². The highest BCUT2D eigenvalue weighted by Crippen LogP contribution is 2.51. The number of ether oxygens (including phenoxy) is 2. The maximum Gasteiger partial charge on any atom is 0.173 e. The van der Waals surface area contributed by atoms with Crippen LogP contribution in [0.1, 0.15) is 18.4 Å². The Labute approximate surface area is 98.3 Å². The molecule has 0 spiro atoms. The fourth-order valence-electron chi connectivity index (χ4n) is 1.76. The summed E-state index contributed by atoms with van der Waals surface area (Å²) in [6.07, 6.45) is 1.45. The SMILES string of the molecule is COc1cc(Cl)c(OC)c(C2(N)CC2)c1F. The molecule has 1 saturated carbocycles. The molecule has 0 saturated heterocycles. The molecule has 2 N–H and O–H groups in total. The minimum absolute atomic E-state index is 0.0949. The van der Waals surface area contributed by atoms with E-state index in [0.29, 0.717) is 16.3 Å². The van der Waals surface area contributed by atoms with Crippen LogP contribution >= 0.6 is 11.6 Å². The molecule has 1 aliphatic rings. The maximum absolute atomic E-state index is 14.1. The van der Waals surface area contributed by atoms with Gasteiger partial charge in [-0.25, -0.2) is 4.39 Å². The van der Waals surface area contributed by atoms with Gasteiger partial charge < -0.3 is 15.2 Å². The molecular formula is C11H13ClFNO2. The number of hydrogen-bond donors (Lipinski definition) is 1. The number of halogens is 2. The van der Waals surface area contributed by atoms with Crippen LogP contribution in [0.4, 0.5) is 4.39 Å². The second kappa shape index (κ2) is 3.79. The van der Waals surface area contributed by atoms with Crippen molar-refractivity contribution in [3.05, 3.63) is 22.5 Å². The van der Waals surface area contributed by atoms with Crippen molar-refractivity contribution < 1.29 is 13.9 Å². The molecule has 0 atom stereocenters. The Balaban J connectivity index is 2.66. The van der Waals surface area contributed by atoms with Crippen LogP contribution in [0.25, 0.3) is 0 Å². The van der Waals surface area contributed by atoms with Gasteiger partial charge in [0.1, 0.15) is 5.75 Å². The molecular weight excluding hydrogens is 233 g/mol. The van der Waals surface area contributed by atoms with E-state index in [0.717, 1.165) is 12.8 Å². The van der Waals surface area contributed by atoms with Gasteiger partial charge in [-0.1, -0.05) is 11.6 Å². The Morgan fingerprint density at radius 3 is 2.44 bits per heavy atom. The van der Waals surface area contributed by atoms with Crippen molar-refractivity contribution in [1.82, 2.24) is 0 Å². The van der Waals surface area contributed by atoms with Crippen LogP contribution in [0, 0.1) is 5.82 Å². The molecule has 1 aromatic carbocycles. The first-order valence-corrected chi connectivity index (χ1v) is 5.30. The summed E-state index contributed by atoms with van der Waals surface area (Å²) < 4.78 is 24.1. The van der Waals surface area contributed by atoms with Gasteiger partial charge in [-0.05, 0) is 12.8 Å². The van der Waals surface area contributed by atoms with Crippen LogP contribution in [0.3, 0.4) is 0 Å². The summed E-state index contributed by atoms with van der Waals surface area (Å²) in [6, 6.07) is 1.39. The average Bonchev–Trinajstić information content (AvgIpc) is 2.99. The summed E-state index contributed by atoms with van der Waals surface area (Å²) in [5.41, 5.74) is 5.66. The first-order valence-electron chi connectivity index (χ1n) is 4.93. The summed E-state index contributed by atoms with van der Waals surface area (Å²) in [5.74, 6) is -0.0822. The predicted molar refractivity (Wildman–Crippen MR) is 59.6 cm³/mol. The highest BCUT2D eigenvalue weighted by molar-refractivity contribution is 6.32. The van der Waals surface area contributed by atoms with E-state index in [1.807, 2.05) is 0 Å². The quantitative estimate of drug-likeness (QED) is 0.890. The molecule has 1 aliphatic carbocycles. The number of nitrogens with two attached hydrogens (primary N) is 1. The number of rotatable bonds is 3. The van der Waals surface area contributed by atoms with Gasteiger partial charge in [0, 0.05) is 11.6 Å². The highest BCUT2D eigenvalue weighted by atomic mass is 35.5. The van der Waals surface area contributed by atoms with Crippen molar-refractivity contribution in [2.75, 3.05) is 14.2 Å².